The zero-order valence-corrected chi connectivity index (χ0v) is 10.1. The molecule has 0 aromatic heterocycles. The molecule has 1 N–H and O–H groups in total. The number of ether oxygens (including phenoxy) is 1. The van der Waals surface area contributed by atoms with Crippen LogP contribution in [-0.4, -0.2) is 47.4 Å². The van der Waals surface area contributed by atoms with Gasteiger partial charge in [0.05, 0.1) is 0 Å². The highest BCUT2D eigenvalue weighted by Gasteiger charge is 2.47. The molecule has 4 aliphatic rings. The maximum Gasteiger partial charge on any atom is 0.254 e. The minimum absolute atomic E-state index is 0.0319. The van der Waals surface area contributed by atoms with Gasteiger partial charge in [0.1, 0.15) is 18.2 Å². The van der Waals surface area contributed by atoms with Gasteiger partial charge in [-0.3, -0.25) is 19.7 Å². The molecule has 0 saturated carbocycles. The molecule has 19 heavy (non-hydrogen) atoms. The summed E-state index contributed by atoms with van der Waals surface area (Å²) in [6.45, 7) is 0.434. The van der Waals surface area contributed by atoms with Gasteiger partial charge in [0, 0.05) is 18.5 Å². The molecule has 3 amide bonds. The molecule has 6 nitrogen and oxygen atoms in total. The summed E-state index contributed by atoms with van der Waals surface area (Å²) < 4.78 is 5.33. The highest BCUT2D eigenvalue weighted by atomic mass is 16.6. The van der Waals surface area contributed by atoms with Crippen molar-refractivity contribution in [2.75, 3.05) is 6.54 Å². The first kappa shape index (κ1) is 10.9. The van der Waals surface area contributed by atoms with E-state index in [4.69, 9.17) is 4.74 Å². The van der Waals surface area contributed by atoms with E-state index in [-0.39, 0.29) is 36.4 Å². The number of imide groups is 1. The summed E-state index contributed by atoms with van der Waals surface area (Å²) in [5, 5.41) is 2.29. The Bertz CT molecular complexity index is 577. The van der Waals surface area contributed by atoms with E-state index < -0.39 is 6.04 Å². The standard InChI is InChI=1S/C13H12N2O4/c16-11-2-1-8(12(17)14-11)15-5-6-3-9-10(19-9)4-7(6)13(15)18/h3-4,8-10H,1-2,5H2,(H,14,16,17). The molecular weight excluding hydrogens is 248 g/mol. The largest absolute Gasteiger partial charge is 0.361 e. The molecule has 0 aromatic rings. The SMILES string of the molecule is O=C1CCC(N2CC3=CC4OC4C=C3C2=O)C(=O)N1. The predicted octanol–water partition coefficient (Wildman–Crippen LogP) is -0.732. The molecule has 0 aromatic carbocycles. The van der Waals surface area contributed by atoms with Crippen molar-refractivity contribution >= 4 is 17.7 Å². The smallest absolute Gasteiger partial charge is 0.254 e. The summed E-state index contributed by atoms with van der Waals surface area (Å²) >= 11 is 0. The second kappa shape index (κ2) is 3.54. The lowest BCUT2D eigenvalue weighted by Crippen LogP contribution is -2.52. The van der Waals surface area contributed by atoms with Gasteiger partial charge in [0.2, 0.25) is 11.8 Å². The fourth-order valence-corrected chi connectivity index (χ4v) is 2.95. The van der Waals surface area contributed by atoms with E-state index in [2.05, 4.69) is 5.32 Å². The van der Waals surface area contributed by atoms with Gasteiger partial charge in [-0.25, -0.2) is 0 Å². The van der Waals surface area contributed by atoms with Crippen LogP contribution in [0.5, 0.6) is 0 Å². The van der Waals surface area contributed by atoms with Crippen LogP contribution >= 0.6 is 0 Å². The summed E-state index contributed by atoms with van der Waals surface area (Å²) in [4.78, 5) is 36.9. The van der Waals surface area contributed by atoms with E-state index in [9.17, 15) is 14.4 Å². The highest BCUT2D eigenvalue weighted by Crippen LogP contribution is 2.38. The molecule has 3 aliphatic heterocycles. The third-order valence-electron chi connectivity index (χ3n) is 4.02. The number of carbonyl (C=O) groups is 3. The Morgan fingerprint density at radius 1 is 1.21 bits per heavy atom. The van der Waals surface area contributed by atoms with E-state index in [1.54, 1.807) is 4.90 Å². The van der Waals surface area contributed by atoms with E-state index in [0.717, 1.165) is 5.57 Å². The molecule has 3 fully saturated rings. The number of fused-ring (bicyclic) bond motifs is 2. The Morgan fingerprint density at radius 3 is 2.79 bits per heavy atom. The maximum atomic E-state index is 12.3. The first-order chi connectivity index (χ1) is 9.13. The number of carbonyl (C=O) groups excluding carboxylic acids is 3. The lowest BCUT2D eigenvalue weighted by Gasteiger charge is -2.28. The van der Waals surface area contributed by atoms with Gasteiger partial charge >= 0.3 is 0 Å². The molecule has 4 rings (SSSR count). The summed E-state index contributed by atoms with van der Waals surface area (Å²) in [7, 11) is 0. The van der Waals surface area contributed by atoms with Crippen molar-refractivity contribution in [2.24, 2.45) is 0 Å². The molecule has 98 valence electrons. The third kappa shape index (κ3) is 1.56. The molecule has 0 spiro atoms. The number of amides is 3. The van der Waals surface area contributed by atoms with Crippen LogP contribution in [0.15, 0.2) is 23.3 Å². The van der Waals surface area contributed by atoms with Crippen molar-refractivity contribution in [3.05, 3.63) is 23.3 Å². The van der Waals surface area contributed by atoms with Gasteiger partial charge in [-0.1, -0.05) is 0 Å². The van der Waals surface area contributed by atoms with Crippen LogP contribution in [0.3, 0.4) is 0 Å². The van der Waals surface area contributed by atoms with Crippen molar-refractivity contribution in [1.82, 2.24) is 10.2 Å². The molecular formula is C13H12N2O4. The molecule has 3 atom stereocenters. The summed E-state index contributed by atoms with van der Waals surface area (Å²) in [6.07, 6.45) is 4.63. The highest BCUT2D eigenvalue weighted by molar-refractivity contribution is 6.07. The van der Waals surface area contributed by atoms with E-state index in [1.165, 1.54) is 0 Å². The average molecular weight is 260 g/mol. The third-order valence-corrected chi connectivity index (χ3v) is 4.02. The molecule has 0 radical (unpaired) electrons. The second-order valence-corrected chi connectivity index (χ2v) is 5.24. The molecule has 3 unspecified atom stereocenters. The number of nitrogens with zero attached hydrogens (tertiary/aromatic N) is 1. The average Bonchev–Trinajstić information content (AvgIpc) is 3.06. The monoisotopic (exact) mass is 260 g/mol. The first-order valence-electron chi connectivity index (χ1n) is 6.36. The normalized spacial score (nSPS) is 36.3. The number of likely N-dealkylation sites (tertiary alicyclic amines) is 1. The molecule has 6 heteroatoms. The first-order valence-corrected chi connectivity index (χ1v) is 6.36. The number of rotatable bonds is 1. The molecule has 3 heterocycles. The van der Waals surface area contributed by atoms with Crippen LogP contribution in [0.25, 0.3) is 0 Å². The topological polar surface area (TPSA) is 79.0 Å². The van der Waals surface area contributed by atoms with Crippen LogP contribution in [-0.2, 0) is 19.1 Å². The lowest BCUT2D eigenvalue weighted by molar-refractivity contribution is -0.142. The number of piperidine rings is 1. The van der Waals surface area contributed by atoms with Crippen LogP contribution in [0.1, 0.15) is 12.8 Å². The Balaban J connectivity index is 1.61. The van der Waals surface area contributed by atoms with Gasteiger partial charge in [0.25, 0.3) is 5.91 Å². The number of nitrogens with one attached hydrogen (secondary N) is 1. The van der Waals surface area contributed by atoms with Gasteiger partial charge in [0.15, 0.2) is 0 Å². The van der Waals surface area contributed by atoms with Crippen LogP contribution in [0.4, 0.5) is 0 Å². The van der Waals surface area contributed by atoms with Crippen LogP contribution in [0, 0.1) is 0 Å². The Hall–Kier alpha value is -1.95. The van der Waals surface area contributed by atoms with Gasteiger partial charge in [-0.05, 0) is 24.1 Å². The predicted molar refractivity (Wildman–Crippen MR) is 62.7 cm³/mol. The quantitative estimate of drug-likeness (QED) is 0.498. The number of epoxide rings is 1. The van der Waals surface area contributed by atoms with Crippen molar-refractivity contribution in [1.29, 1.82) is 0 Å². The number of hydrogen-bond donors (Lipinski definition) is 1. The van der Waals surface area contributed by atoms with Crippen LogP contribution in [0.2, 0.25) is 0 Å². The fraction of sp³-hybridized carbons (Fsp3) is 0.462. The lowest BCUT2D eigenvalue weighted by atomic mass is 10.0. The van der Waals surface area contributed by atoms with E-state index in [0.29, 0.717) is 18.5 Å². The minimum Gasteiger partial charge on any atom is -0.361 e. The molecule has 3 saturated heterocycles. The molecule has 1 aliphatic carbocycles. The summed E-state index contributed by atoms with van der Waals surface area (Å²) in [5.41, 5.74) is 1.59. The van der Waals surface area contributed by atoms with E-state index >= 15 is 0 Å². The Labute approximate surface area is 109 Å². The fourth-order valence-electron chi connectivity index (χ4n) is 2.95. The van der Waals surface area contributed by atoms with Gasteiger partial charge < -0.3 is 9.64 Å². The summed E-state index contributed by atoms with van der Waals surface area (Å²) in [5.74, 6) is -0.765. The zero-order chi connectivity index (χ0) is 13.1. The van der Waals surface area contributed by atoms with Gasteiger partial charge in [-0.2, -0.15) is 0 Å². The summed E-state index contributed by atoms with van der Waals surface area (Å²) in [6, 6.07) is -0.533. The van der Waals surface area contributed by atoms with E-state index in [1.807, 2.05) is 12.2 Å². The van der Waals surface area contributed by atoms with Gasteiger partial charge in [-0.15, -0.1) is 0 Å². The zero-order valence-electron chi connectivity index (χ0n) is 10.1. The Morgan fingerprint density at radius 2 is 2.00 bits per heavy atom. The van der Waals surface area contributed by atoms with Crippen molar-refractivity contribution in [2.45, 2.75) is 31.1 Å². The minimum atomic E-state index is -0.533. The Kier molecular flexibility index (Phi) is 2.04. The molecule has 0 bridgehead atoms. The van der Waals surface area contributed by atoms with Crippen molar-refractivity contribution < 1.29 is 19.1 Å². The van der Waals surface area contributed by atoms with Crippen LogP contribution < -0.4 is 5.32 Å². The maximum absolute atomic E-state index is 12.3. The number of hydrogen-bond acceptors (Lipinski definition) is 4. The second-order valence-electron chi connectivity index (χ2n) is 5.24. The van der Waals surface area contributed by atoms with Crippen molar-refractivity contribution in [3.8, 4) is 0 Å². The van der Waals surface area contributed by atoms with Crippen molar-refractivity contribution in [3.63, 3.8) is 0 Å².